The van der Waals surface area contributed by atoms with Crippen LogP contribution in [-0.2, 0) is 30.2 Å². The number of piperidine rings is 1. The van der Waals surface area contributed by atoms with E-state index in [-0.39, 0.29) is 48.7 Å². The summed E-state index contributed by atoms with van der Waals surface area (Å²) >= 11 is 0. The third-order valence-electron chi connectivity index (χ3n) is 13.2. The van der Waals surface area contributed by atoms with Crippen molar-refractivity contribution in [2.24, 2.45) is 0 Å². The number of likely N-dealkylation sites (tertiary alicyclic amines) is 1. The number of anilines is 2. The van der Waals surface area contributed by atoms with E-state index in [1.807, 2.05) is 30.3 Å². The quantitative estimate of drug-likeness (QED) is 0.0706. The Kier molecular flexibility index (Phi) is 18.7. The highest BCUT2D eigenvalue weighted by atomic mass is 16.5. The van der Waals surface area contributed by atoms with E-state index in [9.17, 15) is 24.0 Å². The Morgan fingerprint density at radius 3 is 2.25 bits per heavy atom. The van der Waals surface area contributed by atoms with E-state index in [0.29, 0.717) is 86.3 Å². The number of amides is 4. The van der Waals surface area contributed by atoms with Crippen LogP contribution in [-0.4, -0.2) is 153 Å². The summed E-state index contributed by atoms with van der Waals surface area (Å²) in [4.78, 5) is 78.1. The third-order valence-corrected chi connectivity index (χ3v) is 13.2. The van der Waals surface area contributed by atoms with Crippen LogP contribution >= 0.6 is 0 Å². The maximum absolute atomic E-state index is 14.1. The van der Waals surface area contributed by atoms with Gasteiger partial charge in [0, 0.05) is 81.0 Å². The predicted octanol–water partition coefficient (Wildman–Crippen LogP) is 6.32. The van der Waals surface area contributed by atoms with Crippen molar-refractivity contribution < 1.29 is 43.3 Å². The number of fused-ring (bicyclic) bond motifs is 1. The Labute approximate surface area is 405 Å². The molecule has 16 nitrogen and oxygen atoms in total. The molecular weight excluding hydrogens is 879 g/mol. The van der Waals surface area contributed by atoms with Crippen molar-refractivity contribution in [3.8, 4) is 11.3 Å². The summed E-state index contributed by atoms with van der Waals surface area (Å²) in [7, 11) is 3.50. The van der Waals surface area contributed by atoms with Crippen molar-refractivity contribution in [1.29, 1.82) is 0 Å². The van der Waals surface area contributed by atoms with Crippen molar-refractivity contribution >= 4 is 41.0 Å². The lowest BCUT2D eigenvalue weighted by atomic mass is 9.87. The molecule has 1 aromatic heterocycles. The second-order valence-electron chi connectivity index (χ2n) is 18.0. The summed E-state index contributed by atoms with van der Waals surface area (Å²) < 4.78 is 16.3. The van der Waals surface area contributed by atoms with Crippen LogP contribution in [0.3, 0.4) is 0 Å². The number of aliphatic carboxylic acids is 1. The summed E-state index contributed by atoms with van der Waals surface area (Å²) in [6, 6.07) is 24.1. The minimum Gasteiger partial charge on any atom is -0.481 e. The first-order valence-electron chi connectivity index (χ1n) is 24.4. The van der Waals surface area contributed by atoms with E-state index < -0.39 is 5.97 Å². The van der Waals surface area contributed by atoms with Crippen LogP contribution in [0.25, 0.3) is 11.3 Å². The van der Waals surface area contributed by atoms with Crippen molar-refractivity contribution in [3.05, 3.63) is 113 Å². The maximum atomic E-state index is 14.1. The van der Waals surface area contributed by atoms with E-state index in [2.05, 4.69) is 32.6 Å². The predicted molar refractivity (Wildman–Crippen MR) is 264 cm³/mol. The van der Waals surface area contributed by atoms with E-state index >= 15 is 0 Å². The second kappa shape index (κ2) is 25.4. The van der Waals surface area contributed by atoms with E-state index in [0.717, 1.165) is 75.8 Å². The average Bonchev–Trinajstić information content (AvgIpc) is 3.86. The van der Waals surface area contributed by atoms with Crippen LogP contribution in [0.2, 0.25) is 0 Å². The van der Waals surface area contributed by atoms with Gasteiger partial charge in [0.25, 0.3) is 17.7 Å². The van der Waals surface area contributed by atoms with Gasteiger partial charge in [0.15, 0.2) is 0 Å². The number of carbonyl (C=O) groups is 5. The molecule has 3 aliphatic rings. The molecule has 0 spiro atoms. The number of aromatic nitrogens is 1. The normalized spacial score (nSPS) is 16.9. The minimum absolute atomic E-state index is 0.0120. The lowest BCUT2D eigenvalue weighted by Gasteiger charge is -2.29. The molecule has 4 aromatic rings. The number of rotatable bonds is 23. The fraction of sp³-hybridized carbons (Fsp3) is 0.472. The van der Waals surface area contributed by atoms with Gasteiger partial charge in [0.1, 0.15) is 0 Å². The van der Waals surface area contributed by atoms with E-state index in [1.54, 1.807) is 66.5 Å². The van der Waals surface area contributed by atoms with Gasteiger partial charge in [-0.1, -0.05) is 30.3 Å². The number of carboxylic acid groups (broad SMARTS) is 1. The lowest BCUT2D eigenvalue weighted by molar-refractivity contribution is -0.138. The van der Waals surface area contributed by atoms with Crippen molar-refractivity contribution in [3.63, 3.8) is 0 Å². The Bertz CT molecular complexity index is 2390. The van der Waals surface area contributed by atoms with Gasteiger partial charge in [0.2, 0.25) is 5.91 Å². The molecule has 3 N–H and O–H groups in total. The molecule has 0 saturated carbocycles. The lowest BCUT2D eigenvalue weighted by Crippen LogP contribution is -2.47. The molecule has 2 saturated heterocycles. The zero-order chi connectivity index (χ0) is 48.5. The molecule has 1 unspecified atom stereocenters. The molecule has 16 heteroatoms. The van der Waals surface area contributed by atoms with E-state index in [1.165, 1.54) is 12.0 Å². The van der Waals surface area contributed by atoms with Crippen LogP contribution < -0.4 is 15.5 Å². The first-order chi connectivity index (χ1) is 33.5. The minimum atomic E-state index is -0.902. The smallest absolute Gasteiger partial charge is 0.305 e. The number of hydrogen-bond donors (Lipinski definition) is 3. The topological polar surface area (TPSA) is 183 Å². The SMILES string of the molecule is CN(CCN1CCC[C@H]1C(=O)N(C)CCOCCOCCOCCC(=O)O)C(=O)c1cccc(C(=O)Nc2ccc(N3CCCCC3)cc2-c2cc(C(=O)NC3CCCc4ccccc43)ccn2)c1. The number of nitrogens with one attached hydrogen (secondary N) is 2. The number of likely N-dealkylation sites (N-methyl/N-ethyl adjacent to an activating group) is 2. The number of aryl methyl sites for hydroxylation is 1. The van der Waals surface area contributed by atoms with Crippen molar-refractivity contribution in [2.75, 3.05) is 103 Å². The van der Waals surface area contributed by atoms with Gasteiger partial charge in [-0.15, -0.1) is 0 Å². The standard InChI is InChI=1S/C53H67N7O9/c1-57(26-27-60-25-10-17-48(60)53(66)58(2)28-30-68-32-34-69-33-31-67-29-21-49(61)62)52(65)41-14-8-13-39(35-41)50(63)56-46-19-18-42(59-23-6-3-7-24-59)37-44(46)47-36-40(20-22-54-47)51(64)55-45-16-9-12-38-11-4-5-15-43(38)45/h4-5,8,11,13-15,18-20,22,35-37,45,48H,3,6-7,9-10,12,16-17,21,23-34H2,1-2H3,(H,55,64)(H,56,63)(H,61,62)/t45?,48-/m0/s1. The summed E-state index contributed by atoms with van der Waals surface area (Å²) in [6.45, 7) is 5.83. The molecule has 0 bridgehead atoms. The highest BCUT2D eigenvalue weighted by molar-refractivity contribution is 6.08. The van der Waals surface area contributed by atoms with Gasteiger partial charge < -0.3 is 44.7 Å². The van der Waals surface area contributed by atoms with Gasteiger partial charge >= 0.3 is 5.97 Å². The highest BCUT2D eigenvalue weighted by Gasteiger charge is 2.33. The summed E-state index contributed by atoms with van der Waals surface area (Å²) in [6.07, 6.45) is 9.47. The molecule has 1 aliphatic carbocycles. The molecule has 2 aliphatic heterocycles. The number of benzene rings is 3. The van der Waals surface area contributed by atoms with Crippen molar-refractivity contribution in [2.45, 2.75) is 69.9 Å². The molecule has 3 aromatic carbocycles. The fourth-order valence-electron chi connectivity index (χ4n) is 9.30. The summed E-state index contributed by atoms with van der Waals surface area (Å²) in [5, 5.41) is 15.0. The number of carboxylic acids is 1. The molecule has 4 amide bonds. The maximum Gasteiger partial charge on any atom is 0.305 e. The van der Waals surface area contributed by atoms with Gasteiger partial charge in [-0.2, -0.15) is 0 Å². The third kappa shape index (κ3) is 14.2. The first kappa shape index (κ1) is 50.7. The number of hydrogen-bond acceptors (Lipinski definition) is 11. The Morgan fingerprint density at radius 1 is 0.710 bits per heavy atom. The molecule has 0 radical (unpaired) electrons. The number of carbonyl (C=O) groups excluding carboxylic acids is 4. The number of ether oxygens (including phenoxy) is 3. The average molecular weight is 946 g/mol. The molecule has 2 atom stereocenters. The van der Waals surface area contributed by atoms with Crippen LogP contribution in [0, 0.1) is 0 Å². The fourth-order valence-corrected chi connectivity index (χ4v) is 9.30. The summed E-state index contributed by atoms with van der Waals surface area (Å²) in [5.41, 5.74) is 6.40. The molecule has 7 rings (SSSR count). The Hall–Kier alpha value is -6.20. The van der Waals surface area contributed by atoms with Gasteiger partial charge in [0.05, 0.1) is 69.5 Å². The van der Waals surface area contributed by atoms with E-state index in [4.69, 9.17) is 24.3 Å². The molecular formula is C53H67N7O9. The molecule has 368 valence electrons. The Balaban J connectivity index is 0.936. The van der Waals surface area contributed by atoms with Gasteiger partial charge in [-0.3, -0.25) is 33.9 Å². The monoisotopic (exact) mass is 946 g/mol. The van der Waals surface area contributed by atoms with Crippen LogP contribution in [0.4, 0.5) is 11.4 Å². The number of nitrogens with zero attached hydrogens (tertiary/aromatic N) is 5. The highest BCUT2D eigenvalue weighted by Crippen LogP contribution is 2.34. The molecule has 2 fully saturated rings. The zero-order valence-electron chi connectivity index (χ0n) is 40.0. The largest absolute Gasteiger partial charge is 0.481 e. The van der Waals surface area contributed by atoms with Crippen LogP contribution in [0.15, 0.2) is 85.1 Å². The van der Waals surface area contributed by atoms with Crippen LogP contribution in [0.5, 0.6) is 0 Å². The molecule has 3 heterocycles. The van der Waals surface area contributed by atoms with Gasteiger partial charge in [-0.25, -0.2) is 0 Å². The first-order valence-corrected chi connectivity index (χ1v) is 24.4. The number of pyridine rings is 1. The summed E-state index contributed by atoms with van der Waals surface area (Å²) in [5.74, 6) is -1.70. The Morgan fingerprint density at radius 2 is 1.45 bits per heavy atom. The molecule has 69 heavy (non-hydrogen) atoms. The van der Waals surface area contributed by atoms with Crippen LogP contribution in [0.1, 0.15) is 99.6 Å². The second-order valence-corrected chi connectivity index (χ2v) is 18.0. The zero-order valence-corrected chi connectivity index (χ0v) is 40.0. The van der Waals surface area contributed by atoms with Crippen molar-refractivity contribution in [1.82, 2.24) is 25.0 Å². The van der Waals surface area contributed by atoms with Gasteiger partial charge in [-0.05, 0) is 118 Å².